The van der Waals surface area contributed by atoms with Crippen molar-refractivity contribution in [2.75, 3.05) is 19.8 Å². The second kappa shape index (κ2) is 8.63. The summed E-state index contributed by atoms with van der Waals surface area (Å²) in [6.07, 6.45) is 2.10. The highest BCUT2D eigenvalue weighted by Crippen LogP contribution is 2.34. The van der Waals surface area contributed by atoms with Gasteiger partial charge < -0.3 is 19.9 Å². The van der Waals surface area contributed by atoms with E-state index in [1.54, 1.807) is 16.8 Å². The maximum absolute atomic E-state index is 13.0. The lowest BCUT2D eigenvalue weighted by atomic mass is 10.1. The van der Waals surface area contributed by atoms with Crippen LogP contribution in [0.25, 0.3) is 11.3 Å². The number of aliphatic hydroxyl groups excluding tert-OH is 1. The smallest absolute Gasteiger partial charge is 0.161 e. The van der Waals surface area contributed by atoms with Crippen LogP contribution >= 0.6 is 0 Å². The molecule has 0 saturated heterocycles. The first-order valence-corrected chi connectivity index (χ1v) is 9.67. The number of aliphatic hydroxyl groups is 1. The molecule has 3 aromatic rings. The second-order valence-corrected chi connectivity index (χ2v) is 7.09. The van der Waals surface area contributed by atoms with Gasteiger partial charge in [-0.15, -0.1) is 0 Å². The highest BCUT2D eigenvalue weighted by molar-refractivity contribution is 5.66. The van der Waals surface area contributed by atoms with E-state index in [0.717, 1.165) is 34.7 Å². The van der Waals surface area contributed by atoms with Gasteiger partial charge in [-0.3, -0.25) is 4.68 Å². The summed E-state index contributed by atoms with van der Waals surface area (Å²) in [6, 6.07) is 11.7. The molecule has 0 amide bonds. The van der Waals surface area contributed by atoms with E-state index in [1.807, 2.05) is 31.4 Å². The monoisotopic (exact) mass is 397 g/mol. The third kappa shape index (κ3) is 4.58. The van der Waals surface area contributed by atoms with Gasteiger partial charge in [-0.05, 0) is 35.9 Å². The van der Waals surface area contributed by atoms with E-state index in [1.165, 1.54) is 12.1 Å². The Bertz CT molecular complexity index is 972. The fourth-order valence-electron chi connectivity index (χ4n) is 3.37. The van der Waals surface area contributed by atoms with E-state index in [2.05, 4.69) is 10.4 Å². The molecule has 6 nitrogen and oxygen atoms in total. The number of fused-ring (bicyclic) bond motifs is 1. The van der Waals surface area contributed by atoms with Crippen LogP contribution in [0.15, 0.2) is 48.7 Å². The topological polar surface area (TPSA) is 68.5 Å². The fraction of sp³-hybridized carbons (Fsp3) is 0.318. The number of aryl methyl sites for hydroxylation is 1. The van der Waals surface area contributed by atoms with Crippen molar-refractivity contribution >= 4 is 0 Å². The number of hydrogen-bond acceptors (Lipinski definition) is 5. The zero-order chi connectivity index (χ0) is 20.2. The second-order valence-electron chi connectivity index (χ2n) is 7.09. The fourth-order valence-corrected chi connectivity index (χ4v) is 3.37. The highest BCUT2D eigenvalue weighted by Gasteiger charge is 2.16. The third-order valence-corrected chi connectivity index (χ3v) is 4.83. The molecule has 0 aliphatic carbocycles. The van der Waals surface area contributed by atoms with Crippen LogP contribution in [0, 0.1) is 5.82 Å². The summed E-state index contributed by atoms with van der Waals surface area (Å²) in [5.74, 6) is 1.17. The van der Waals surface area contributed by atoms with E-state index in [-0.39, 0.29) is 5.82 Å². The van der Waals surface area contributed by atoms with Gasteiger partial charge in [-0.25, -0.2) is 4.39 Å². The number of rotatable bonds is 6. The minimum absolute atomic E-state index is 0.316. The predicted octanol–water partition coefficient (Wildman–Crippen LogP) is 3.21. The number of halogens is 1. The molecule has 1 atom stereocenters. The Morgan fingerprint density at radius 2 is 1.90 bits per heavy atom. The first kappa shape index (κ1) is 19.4. The van der Waals surface area contributed by atoms with Crippen molar-refractivity contribution in [1.82, 2.24) is 15.1 Å². The average Bonchev–Trinajstić information content (AvgIpc) is 2.94. The van der Waals surface area contributed by atoms with E-state index in [0.29, 0.717) is 31.9 Å². The predicted molar refractivity (Wildman–Crippen MR) is 107 cm³/mol. The van der Waals surface area contributed by atoms with Gasteiger partial charge in [0, 0.05) is 43.9 Å². The zero-order valence-electron chi connectivity index (χ0n) is 16.3. The lowest BCUT2D eigenvalue weighted by Gasteiger charge is -2.13. The summed E-state index contributed by atoms with van der Waals surface area (Å²) in [5, 5.41) is 18.2. The molecule has 29 heavy (non-hydrogen) atoms. The first-order chi connectivity index (χ1) is 14.1. The standard InChI is InChI=1S/C22H24FN3O3/c1-26-14-17(12-24-13-19(27)15-3-6-18(23)7-4-15)22(25-26)16-5-8-20-21(11-16)29-10-2-9-28-20/h3-8,11,14,19,24,27H,2,9-10,12-13H2,1H3. The summed E-state index contributed by atoms with van der Waals surface area (Å²) >= 11 is 0. The largest absolute Gasteiger partial charge is 0.490 e. The molecular weight excluding hydrogens is 373 g/mol. The molecule has 1 aromatic heterocycles. The minimum Gasteiger partial charge on any atom is -0.490 e. The van der Waals surface area contributed by atoms with Crippen molar-refractivity contribution in [3.63, 3.8) is 0 Å². The molecule has 152 valence electrons. The Morgan fingerprint density at radius 3 is 2.69 bits per heavy atom. The molecular formula is C22H24FN3O3. The van der Waals surface area contributed by atoms with Gasteiger partial charge in [0.15, 0.2) is 11.5 Å². The number of nitrogens with zero attached hydrogens (tertiary/aromatic N) is 2. The molecule has 1 unspecified atom stereocenters. The molecule has 0 radical (unpaired) electrons. The Morgan fingerprint density at radius 1 is 1.14 bits per heavy atom. The van der Waals surface area contributed by atoms with Gasteiger partial charge >= 0.3 is 0 Å². The van der Waals surface area contributed by atoms with Gasteiger partial charge in [0.2, 0.25) is 0 Å². The third-order valence-electron chi connectivity index (χ3n) is 4.83. The van der Waals surface area contributed by atoms with Crippen molar-refractivity contribution < 1.29 is 19.0 Å². The number of nitrogens with one attached hydrogen (secondary N) is 1. The maximum Gasteiger partial charge on any atom is 0.161 e. The van der Waals surface area contributed by atoms with Crippen LogP contribution in [0.4, 0.5) is 4.39 Å². The summed E-state index contributed by atoms with van der Waals surface area (Å²) in [6.45, 7) is 2.17. The van der Waals surface area contributed by atoms with Gasteiger partial charge in [-0.1, -0.05) is 12.1 Å². The lowest BCUT2D eigenvalue weighted by Crippen LogP contribution is -2.21. The minimum atomic E-state index is -0.714. The molecule has 2 aromatic carbocycles. The summed E-state index contributed by atoms with van der Waals surface area (Å²) in [7, 11) is 1.88. The van der Waals surface area contributed by atoms with Crippen molar-refractivity contribution in [1.29, 1.82) is 0 Å². The van der Waals surface area contributed by atoms with E-state index >= 15 is 0 Å². The zero-order valence-corrected chi connectivity index (χ0v) is 16.3. The Labute approximate surface area is 168 Å². The van der Waals surface area contributed by atoms with E-state index in [9.17, 15) is 9.50 Å². The summed E-state index contributed by atoms with van der Waals surface area (Å²) in [5.41, 5.74) is 3.49. The van der Waals surface area contributed by atoms with Gasteiger partial charge in [0.05, 0.1) is 25.0 Å². The van der Waals surface area contributed by atoms with Crippen LogP contribution in [0.2, 0.25) is 0 Å². The average molecular weight is 397 g/mol. The Balaban J connectivity index is 1.46. The van der Waals surface area contributed by atoms with Crippen LogP contribution in [0.5, 0.6) is 11.5 Å². The summed E-state index contributed by atoms with van der Waals surface area (Å²) in [4.78, 5) is 0. The molecule has 0 fully saturated rings. The highest BCUT2D eigenvalue weighted by atomic mass is 19.1. The van der Waals surface area contributed by atoms with Crippen LogP contribution in [-0.2, 0) is 13.6 Å². The van der Waals surface area contributed by atoms with Crippen molar-refractivity contribution in [2.45, 2.75) is 19.1 Å². The van der Waals surface area contributed by atoms with E-state index in [4.69, 9.17) is 9.47 Å². The molecule has 0 spiro atoms. The molecule has 7 heteroatoms. The molecule has 4 rings (SSSR count). The number of aromatic nitrogens is 2. The molecule has 2 heterocycles. The Kier molecular flexibility index (Phi) is 5.78. The number of hydrogen-bond donors (Lipinski definition) is 2. The van der Waals surface area contributed by atoms with Gasteiger partial charge in [0.1, 0.15) is 5.82 Å². The molecule has 0 bridgehead atoms. The quantitative estimate of drug-likeness (QED) is 0.669. The van der Waals surface area contributed by atoms with Gasteiger partial charge in [0.25, 0.3) is 0 Å². The molecule has 1 aliphatic heterocycles. The molecule has 1 aliphatic rings. The van der Waals surface area contributed by atoms with Crippen molar-refractivity contribution in [3.05, 3.63) is 65.6 Å². The SMILES string of the molecule is Cn1cc(CNCC(O)c2ccc(F)cc2)c(-c2ccc3c(c2)OCCCO3)n1. The molecule has 2 N–H and O–H groups in total. The van der Waals surface area contributed by atoms with Gasteiger partial charge in [-0.2, -0.15) is 5.10 Å². The van der Waals surface area contributed by atoms with Crippen LogP contribution in [0.3, 0.4) is 0 Å². The Hall–Kier alpha value is -2.90. The van der Waals surface area contributed by atoms with Crippen LogP contribution < -0.4 is 14.8 Å². The van der Waals surface area contributed by atoms with Crippen LogP contribution in [0.1, 0.15) is 23.7 Å². The maximum atomic E-state index is 13.0. The molecule has 0 saturated carbocycles. The van der Waals surface area contributed by atoms with E-state index < -0.39 is 6.10 Å². The lowest BCUT2D eigenvalue weighted by molar-refractivity contribution is 0.174. The first-order valence-electron chi connectivity index (χ1n) is 9.67. The van der Waals surface area contributed by atoms with Crippen LogP contribution in [-0.4, -0.2) is 34.6 Å². The van der Waals surface area contributed by atoms with Crippen molar-refractivity contribution in [3.8, 4) is 22.8 Å². The summed E-state index contributed by atoms with van der Waals surface area (Å²) < 4.78 is 26.3. The van der Waals surface area contributed by atoms with Crippen molar-refractivity contribution in [2.24, 2.45) is 7.05 Å². The normalized spacial score (nSPS) is 14.4. The number of ether oxygens (including phenoxy) is 2. The number of benzene rings is 2.